The maximum atomic E-state index is 11.7. The molecule has 88 valence electrons. The van der Waals surface area contributed by atoms with Crippen molar-refractivity contribution >= 4 is 5.91 Å². The van der Waals surface area contributed by atoms with Crippen LogP contribution < -0.4 is 5.32 Å². The first-order valence-electron chi connectivity index (χ1n) is 5.14. The highest BCUT2D eigenvalue weighted by atomic mass is 16.5. The van der Waals surface area contributed by atoms with E-state index in [2.05, 4.69) is 15.0 Å². The summed E-state index contributed by atoms with van der Waals surface area (Å²) in [6.07, 6.45) is 1.44. The number of phenols is 1. The van der Waals surface area contributed by atoms with E-state index in [0.29, 0.717) is 17.8 Å². The van der Waals surface area contributed by atoms with Gasteiger partial charge in [-0.1, -0.05) is 11.2 Å². The van der Waals surface area contributed by atoms with Crippen LogP contribution in [0.25, 0.3) is 0 Å². The summed E-state index contributed by atoms with van der Waals surface area (Å²) in [7, 11) is 0. The second-order valence-corrected chi connectivity index (χ2v) is 3.67. The molecule has 2 aromatic rings. The molecule has 5 heteroatoms. The van der Waals surface area contributed by atoms with Crippen molar-refractivity contribution in [3.63, 3.8) is 0 Å². The molecule has 2 rings (SSSR count). The fourth-order valence-electron chi connectivity index (χ4n) is 1.35. The first-order chi connectivity index (χ1) is 8.16. The summed E-state index contributed by atoms with van der Waals surface area (Å²) in [6.45, 7) is 2.07. The molecule has 0 atom stereocenters. The number of carbonyl (C=O) groups excluding carboxylic acids is 1. The zero-order valence-corrected chi connectivity index (χ0v) is 9.30. The molecule has 0 aliphatic rings. The molecule has 0 spiro atoms. The lowest BCUT2D eigenvalue weighted by molar-refractivity contribution is 0.0949. The third-order valence-corrected chi connectivity index (χ3v) is 2.39. The molecule has 1 aromatic heterocycles. The Labute approximate surface area is 98.1 Å². The van der Waals surface area contributed by atoms with Gasteiger partial charge < -0.3 is 14.9 Å². The van der Waals surface area contributed by atoms with Gasteiger partial charge in [0.2, 0.25) is 0 Å². The summed E-state index contributed by atoms with van der Waals surface area (Å²) >= 11 is 0. The molecule has 1 amide bonds. The fourth-order valence-corrected chi connectivity index (χ4v) is 1.35. The van der Waals surface area contributed by atoms with Crippen LogP contribution in [0.5, 0.6) is 5.75 Å². The molecule has 17 heavy (non-hydrogen) atoms. The average molecular weight is 232 g/mol. The van der Waals surface area contributed by atoms with Crippen molar-refractivity contribution in [1.82, 2.24) is 10.5 Å². The van der Waals surface area contributed by atoms with Crippen molar-refractivity contribution < 1.29 is 14.4 Å². The zero-order valence-electron chi connectivity index (χ0n) is 9.30. The van der Waals surface area contributed by atoms with Gasteiger partial charge >= 0.3 is 0 Å². The number of aryl methyl sites for hydroxylation is 1. The fraction of sp³-hybridized carbons (Fsp3) is 0.167. The largest absolute Gasteiger partial charge is 0.508 e. The van der Waals surface area contributed by atoms with Crippen LogP contribution in [0.1, 0.15) is 21.6 Å². The maximum absolute atomic E-state index is 11.7. The van der Waals surface area contributed by atoms with E-state index < -0.39 is 0 Å². The Balaban J connectivity index is 2.02. The smallest absolute Gasteiger partial charge is 0.251 e. The van der Waals surface area contributed by atoms with Crippen LogP contribution in [0.3, 0.4) is 0 Å². The van der Waals surface area contributed by atoms with Crippen LogP contribution in [-0.2, 0) is 6.54 Å². The number of amides is 1. The van der Waals surface area contributed by atoms with Crippen LogP contribution in [0.2, 0.25) is 0 Å². The Hall–Kier alpha value is -2.30. The molecular formula is C12H12N2O3. The molecule has 0 fully saturated rings. The van der Waals surface area contributed by atoms with E-state index in [1.54, 1.807) is 25.1 Å². The molecule has 1 heterocycles. The van der Waals surface area contributed by atoms with E-state index in [0.717, 1.165) is 5.56 Å². The highest BCUT2D eigenvalue weighted by Crippen LogP contribution is 2.17. The van der Waals surface area contributed by atoms with E-state index in [1.807, 2.05) is 0 Å². The Morgan fingerprint density at radius 1 is 1.47 bits per heavy atom. The Morgan fingerprint density at radius 3 is 2.94 bits per heavy atom. The third kappa shape index (κ3) is 2.63. The summed E-state index contributed by atoms with van der Waals surface area (Å²) in [5.74, 6) is -0.151. The number of carbonyl (C=O) groups is 1. The van der Waals surface area contributed by atoms with Crippen LogP contribution >= 0.6 is 0 Å². The quantitative estimate of drug-likeness (QED) is 0.843. The zero-order chi connectivity index (χ0) is 12.3. The highest BCUT2D eigenvalue weighted by molar-refractivity contribution is 5.94. The number of phenolic OH excluding ortho intramolecular Hbond substituents is 1. The van der Waals surface area contributed by atoms with Gasteiger partial charge in [-0.15, -0.1) is 0 Å². The van der Waals surface area contributed by atoms with E-state index >= 15 is 0 Å². The molecule has 0 unspecified atom stereocenters. The van der Waals surface area contributed by atoms with Crippen LogP contribution in [-0.4, -0.2) is 16.2 Å². The number of aromatic nitrogens is 1. The molecule has 0 saturated heterocycles. The minimum atomic E-state index is -0.261. The average Bonchev–Trinajstić information content (AvgIpc) is 2.82. The van der Waals surface area contributed by atoms with E-state index in [-0.39, 0.29) is 11.7 Å². The first kappa shape index (κ1) is 11.2. The van der Waals surface area contributed by atoms with Gasteiger partial charge in [0.1, 0.15) is 17.7 Å². The number of nitrogens with zero attached hydrogens (tertiary/aromatic N) is 1. The Kier molecular flexibility index (Phi) is 3.09. The van der Waals surface area contributed by atoms with E-state index in [1.165, 1.54) is 12.3 Å². The van der Waals surface area contributed by atoms with Gasteiger partial charge in [-0.25, -0.2) is 0 Å². The lowest BCUT2D eigenvalue weighted by atomic mass is 10.1. The number of benzene rings is 1. The minimum Gasteiger partial charge on any atom is -0.508 e. The molecular weight excluding hydrogens is 220 g/mol. The summed E-state index contributed by atoms with van der Waals surface area (Å²) in [5.41, 5.74) is 1.80. The van der Waals surface area contributed by atoms with Gasteiger partial charge in [0.15, 0.2) is 0 Å². The Bertz CT molecular complexity index is 521. The van der Waals surface area contributed by atoms with Crippen molar-refractivity contribution in [2.45, 2.75) is 13.5 Å². The second kappa shape index (κ2) is 4.69. The minimum absolute atomic E-state index is 0.110. The highest BCUT2D eigenvalue weighted by Gasteiger charge is 2.08. The number of aromatic hydroxyl groups is 1. The van der Waals surface area contributed by atoms with Crippen molar-refractivity contribution in [3.8, 4) is 5.75 Å². The van der Waals surface area contributed by atoms with Crippen LogP contribution in [0, 0.1) is 6.92 Å². The number of hydrogen-bond donors (Lipinski definition) is 2. The van der Waals surface area contributed by atoms with Gasteiger partial charge in [-0.05, 0) is 24.6 Å². The Morgan fingerprint density at radius 2 is 2.29 bits per heavy atom. The van der Waals surface area contributed by atoms with Crippen LogP contribution in [0.15, 0.2) is 35.1 Å². The topological polar surface area (TPSA) is 75.4 Å². The summed E-state index contributed by atoms with van der Waals surface area (Å²) in [6, 6.07) is 6.47. The van der Waals surface area contributed by atoms with E-state index in [9.17, 15) is 9.90 Å². The number of rotatable bonds is 3. The molecule has 5 nitrogen and oxygen atoms in total. The summed E-state index contributed by atoms with van der Waals surface area (Å²) in [4.78, 5) is 11.7. The predicted molar refractivity (Wildman–Crippen MR) is 60.5 cm³/mol. The van der Waals surface area contributed by atoms with Gasteiger partial charge in [0, 0.05) is 11.6 Å². The number of nitrogens with one attached hydrogen (secondary N) is 1. The molecule has 0 saturated carbocycles. The number of hydrogen-bond acceptors (Lipinski definition) is 4. The lowest BCUT2D eigenvalue weighted by Crippen LogP contribution is -2.22. The van der Waals surface area contributed by atoms with E-state index in [4.69, 9.17) is 0 Å². The SMILES string of the molecule is Cc1ccc(C(=O)NCc2ccon2)cc1O. The molecule has 2 N–H and O–H groups in total. The van der Waals surface area contributed by atoms with Crippen molar-refractivity contribution in [2.75, 3.05) is 0 Å². The second-order valence-electron chi connectivity index (χ2n) is 3.67. The summed E-state index contributed by atoms with van der Waals surface area (Å²) in [5, 5.41) is 15.8. The molecule has 0 aliphatic carbocycles. The normalized spacial score (nSPS) is 10.2. The van der Waals surface area contributed by atoms with Crippen molar-refractivity contribution in [3.05, 3.63) is 47.3 Å². The maximum Gasteiger partial charge on any atom is 0.251 e. The predicted octanol–water partition coefficient (Wildman–Crippen LogP) is 1.62. The third-order valence-electron chi connectivity index (χ3n) is 2.39. The molecule has 0 aliphatic heterocycles. The summed E-state index contributed by atoms with van der Waals surface area (Å²) < 4.78 is 4.65. The van der Waals surface area contributed by atoms with Gasteiger partial charge in [-0.2, -0.15) is 0 Å². The molecule has 1 aromatic carbocycles. The lowest BCUT2D eigenvalue weighted by Gasteiger charge is -2.04. The monoisotopic (exact) mass is 232 g/mol. The molecule has 0 radical (unpaired) electrons. The van der Waals surface area contributed by atoms with Crippen LogP contribution in [0.4, 0.5) is 0 Å². The van der Waals surface area contributed by atoms with Gasteiger partial charge in [0.05, 0.1) is 6.54 Å². The van der Waals surface area contributed by atoms with Gasteiger partial charge in [-0.3, -0.25) is 4.79 Å². The first-order valence-corrected chi connectivity index (χ1v) is 5.14. The van der Waals surface area contributed by atoms with Gasteiger partial charge in [0.25, 0.3) is 5.91 Å². The van der Waals surface area contributed by atoms with Crippen molar-refractivity contribution in [1.29, 1.82) is 0 Å². The molecule has 0 bridgehead atoms. The standard InChI is InChI=1S/C12H12N2O3/c1-8-2-3-9(6-11(8)15)12(16)13-7-10-4-5-17-14-10/h2-6,15H,7H2,1H3,(H,13,16). The van der Waals surface area contributed by atoms with Crippen molar-refractivity contribution in [2.24, 2.45) is 0 Å².